The van der Waals surface area contributed by atoms with E-state index in [1.54, 1.807) is 0 Å². The van der Waals surface area contributed by atoms with Crippen molar-refractivity contribution in [1.29, 1.82) is 0 Å². The molecule has 1 amide bonds. The first-order valence-corrected chi connectivity index (χ1v) is 9.36. The Morgan fingerprint density at radius 1 is 1.17 bits per heavy atom. The van der Waals surface area contributed by atoms with Crippen molar-refractivity contribution in [2.75, 3.05) is 13.1 Å². The summed E-state index contributed by atoms with van der Waals surface area (Å²) in [6.07, 6.45) is 8.74. The van der Waals surface area contributed by atoms with E-state index in [0.717, 1.165) is 24.1 Å². The van der Waals surface area contributed by atoms with Gasteiger partial charge in [-0.3, -0.25) is 9.69 Å². The molecule has 1 aromatic rings. The molecule has 126 valence electrons. The molecule has 2 unspecified atom stereocenters. The summed E-state index contributed by atoms with van der Waals surface area (Å²) in [5, 5.41) is 3.72. The quantitative estimate of drug-likeness (QED) is 0.882. The lowest BCUT2D eigenvalue weighted by Crippen LogP contribution is -2.47. The van der Waals surface area contributed by atoms with E-state index in [-0.39, 0.29) is 5.91 Å². The highest BCUT2D eigenvalue weighted by Gasteiger charge is 2.32. The number of rotatable bonds is 5. The van der Waals surface area contributed by atoms with Crippen LogP contribution in [-0.4, -0.2) is 29.9 Å². The van der Waals surface area contributed by atoms with Crippen molar-refractivity contribution in [2.24, 2.45) is 5.92 Å². The van der Waals surface area contributed by atoms with Gasteiger partial charge in [-0.05, 0) is 49.8 Å². The summed E-state index contributed by atoms with van der Waals surface area (Å²) in [4.78, 5) is 14.7. The first kappa shape index (κ1) is 16.8. The molecule has 1 saturated heterocycles. The minimum atomic E-state index is 0.128. The zero-order valence-corrected chi connectivity index (χ0v) is 14.5. The summed E-state index contributed by atoms with van der Waals surface area (Å²) in [5.74, 6) is 1.01. The molecular formula is C19H27ClN2O. The van der Waals surface area contributed by atoms with Gasteiger partial charge in [-0.1, -0.05) is 42.6 Å². The lowest BCUT2D eigenvalue weighted by molar-refractivity contribution is -0.121. The van der Waals surface area contributed by atoms with Crippen molar-refractivity contribution in [3.63, 3.8) is 0 Å². The normalized spacial score (nSPS) is 24.9. The largest absolute Gasteiger partial charge is 0.352 e. The van der Waals surface area contributed by atoms with Gasteiger partial charge in [0, 0.05) is 30.6 Å². The molecule has 1 N–H and O–H groups in total. The Kier molecular flexibility index (Phi) is 5.96. The van der Waals surface area contributed by atoms with E-state index < -0.39 is 0 Å². The molecule has 4 heteroatoms. The maximum absolute atomic E-state index is 12.1. The lowest BCUT2D eigenvalue weighted by Gasteiger charge is -2.44. The number of halogens is 1. The van der Waals surface area contributed by atoms with Gasteiger partial charge in [-0.2, -0.15) is 0 Å². The fourth-order valence-corrected chi connectivity index (χ4v) is 4.38. The molecule has 2 atom stereocenters. The van der Waals surface area contributed by atoms with Crippen LogP contribution < -0.4 is 5.32 Å². The molecule has 1 aromatic carbocycles. The monoisotopic (exact) mass is 334 g/mol. The minimum absolute atomic E-state index is 0.128. The highest BCUT2D eigenvalue weighted by atomic mass is 35.5. The van der Waals surface area contributed by atoms with Crippen LogP contribution in [0.2, 0.25) is 5.02 Å². The zero-order chi connectivity index (χ0) is 16.1. The van der Waals surface area contributed by atoms with Crippen LogP contribution in [0.5, 0.6) is 0 Å². The molecule has 1 aliphatic heterocycles. The van der Waals surface area contributed by atoms with Gasteiger partial charge < -0.3 is 5.32 Å². The molecule has 1 saturated carbocycles. The van der Waals surface area contributed by atoms with Crippen LogP contribution in [0.25, 0.3) is 0 Å². The van der Waals surface area contributed by atoms with Crippen LogP contribution in [0.1, 0.15) is 50.5 Å². The van der Waals surface area contributed by atoms with E-state index in [0.29, 0.717) is 18.0 Å². The highest BCUT2D eigenvalue weighted by molar-refractivity contribution is 6.31. The van der Waals surface area contributed by atoms with Gasteiger partial charge in [0.1, 0.15) is 0 Å². The molecule has 0 spiro atoms. The number of carbonyl (C=O) groups excluding carboxylic acids is 1. The molecule has 0 aromatic heterocycles. The maximum Gasteiger partial charge on any atom is 0.221 e. The molecular weight excluding hydrogens is 308 g/mol. The Balaban J connectivity index is 1.44. The third kappa shape index (κ3) is 4.48. The molecule has 1 aliphatic carbocycles. The molecule has 1 heterocycles. The number of amides is 1. The van der Waals surface area contributed by atoms with Crippen molar-refractivity contribution in [3.05, 3.63) is 34.9 Å². The standard InChI is InChI=1S/C19H27ClN2O/c20-17-9-3-1-7-16(17)14-21-19(23)11-13-22-12-5-8-15-6-2-4-10-18(15)22/h1,3,7,9,15,18H,2,4-6,8,10-14H2,(H,21,23). The Morgan fingerprint density at radius 3 is 2.83 bits per heavy atom. The lowest BCUT2D eigenvalue weighted by atomic mass is 9.78. The number of hydrogen-bond acceptors (Lipinski definition) is 2. The summed E-state index contributed by atoms with van der Waals surface area (Å²) in [5.41, 5.74) is 0.979. The van der Waals surface area contributed by atoms with E-state index in [9.17, 15) is 4.79 Å². The topological polar surface area (TPSA) is 32.3 Å². The summed E-state index contributed by atoms with van der Waals surface area (Å²) in [6, 6.07) is 8.41. The van der Waals surface area contributed by atoms with Gasteiger partial charge in [0.25, 0.3) is 0 Å². The fraction of sp³-hybridized carbons (Fsp3) is 0.632. The summed E-state index contributed by atoms with van der Waals surface area (Å²) < 4.78 is 0. The first-order chi connectivity index (χ1) is 11.2. The Hall–Kier alpha value is -1.06. The van der Waals surface area contributed by atoms with Gasteiger partial charge in [0.05, 0.1) is 0 Å². The number of hydrogen-bond donors (Lipinski definition) is 1. The second-order valence-electron chi connectivity index (χ2n) is 6.91. The smallest absolute Gasteiger partial charge is 0.221 e. The van der Waals surface area contributed by atoms with Crippen LogP contribution in [0, 0.1) is 5.92 Å². The summed E-state index contributed by atoms with van der Waals surface area (Å²) in [6.45, 7) is 2.58. The Labute approximate surface area is 144 Å². The molecule has 2 fully saturated rings. The molecule has 2 aliphatic rings. The maximum atomic E-state index is 12.1. The van der Waals surface area contributed by atoms with E-state index >= 15 is 0 Å². The fourth-order valence-electron chi connectivity index (χ4n) is 4.17. The predicted molar refractivity (Wildman–Crippen MR) is 94.5 cm³/mol. The average Bonchev–Trinajstić information content (AvgIpc) is 2.59. The molecule has 3 rings (SSSR count). The van der Waals surface area contributed by atoms with Crippen LogP contribution in [-0.2, 0) is 11.3 Å². The van der Waals surface area contributed by atoms with Crippen LogP contribution in [0.15, 0.2) is 24.3 Å². The van der Waals surface area contributed by atoms with Crippen molar-refractivity contribution >= 4 is 17.5 Å². The summed E-state index contributed by atoms with van der Waals surface area (Å²) >= 11 is 6.12. The number of likely N-dealkylation sites (tertiary alicyclic amines) is 1. The van der Waals surface area contributed by atoms with E-state index in [4.69, 9.17) is 11.6 Å². The first-order valence-electron chi connectivity index (χ1n) is 8.98. The zero-order valence-electron chi connectivity index (χ0n) is 13.8. The van der Waals surface area contributed by atoms with Crippen molar-refractivity contribution in [3.8, 4) is 0 Å². The predicted octanol–water partition coefficient (Wildman–Crippen LogP) is 4.00. The van der Waals surface area contributed by atoms with Gasteiger partial charge in [0.2, 0.25) is 5.91 Å². The molecule has 0 radical (unpaired) electrons. The second kappa shape index (κ2) is 8.16. The number of piperidine rings is 1. The molecule has 0 bridgehead atoms. The van der Waals surface area contributed by atoms with Gasteiger partial charge in [-0.25, -0.2) is 0 Å². The van der Waals surface area contributed by atoms with E-state index in [1.807, 2.05) is 24.3 Å². The number of nitrogens with zero attached hydrogens (tertiary/aromatic N) is 1. The van der Waals surface area contributed by atoms with Gasteiger partial charge in [0.15, 0.2) is 0 Å². The van der Waals surface area contributed by atoms with Crippen LogP contribution >= 0.6 is 11.6 Å². The Bertz CT molecular complexity index is 532. The minimum Gasteiger partial charge on any atom is -0.352 e. The van der Waals surface area contributed by atoms with E-state index in [2.05, 4.69) is 10.2 Å². The van der Waals surface area contributed by atoms with Gasteiger partial charge in [-0.15, -0.1) is 0 Å². The Morgan fingerprint density at radius 2 is 1.96 bits per heavy atom. The summed E-state index contributed by atoms with van der Waals surface area (Å²) in [7, 11) is 0. The van der Waals surface area contributed by atoms with E-state index in [1.165, 1.54) is 45.1 Å². The van der Waals surface area contributed by atoms with Gasteiger partial charge >= 0.3 is 0 Å². The average molecular weight is 335 g/mol. The molecule has 23 heavy (non-hydrogen) atoms. The van der Waals surface area contributed by atoms with Crippen molar-refractivity contribution in [2.45, 2.75) is 57.5 Å². The van der Waals surface area contributed by atoms with Crippen molar-refractivity contribution < 1.29 is 4.79 Å². The number of fused-ring (bicyclic) bond motifs is 1. The third-order valence-corrected chi connectivity index (χ3v) is 5.79. The van der Waals surface area contributed by atoms with Crippen LogP contribution in [0.4, 0.5) is 0 Å². The SMILES string of the molecule is O=C(CCN1CCCC2CCCCC21)NCc1ccccc1Cl. The number of nitrogens with one attached hydrogen (secondary N) is 1. The highest BCUT2D eigenvalue weighted by Crippen LogP contribution is 2.35. The third-order valence-electron chi connectivity index (χ3n) is 5.42. The van der Waals surface area contributed by atoms with Crippen LogP contribution in [0.3, 0.4) is 0 Å². The second-order valence-corrected chi connectivity index (χ2v) is 7.32. The number of carbonyl (C=O) groups is 1. The molecule has 3 nitrogen and oxygen atoms in total. The number of benzene rings is 1. The van der Waals surface area contributed by atoms with Crippen molar-refractivity contribution in [1.82, 2.24) is 10.2 Å².